The fourth-order valence-corrected chi connectivity index (χ4v) is 4.88. The third-order valence-electron chi connectivity index (χ3n) is 4.61. The number of hydrogen-bond donors (Lipinski definition) is 3. The number of likely N-dealkylation sites (tertiary alicyclic amines) is 1. The van der Waals surface area contributed by atoms with E-state index in [1.165, 1.54) is 24.0 Å². The highest BCUT2D eigenvalue weighted by molar-refractivity contribution is 14.0. The summed E-state index contributed by atoms with van der Waals surface area (Å²) in [4.78, 5) is 8.15. The fourth-order valence-electron chi connectivity index (χ4n) is 3.38. The third kappa shape index (κ3) is 8.63. The first kappa shape index (κ1) is 24.6. The van der Waals surface area contributed by atoms with E-state index in [1.54, 1.807) is 7.05 Å². The van der Waals surface area contributed by atoms with Crippen LogP contribution in [0, 0.1) is 5.92 Å². The molecule has 0 amide bonds. The molecular weight excluding hydrogens is 497 g/mol. The summed E-state index contributed by atoms with van der Waals surface area (Å²) in [5.41, 5.74) is 0. The molecular formula is C17H32IN5O2S2. The molecule has 1 aromatic heterocycles. The Kier molecular flexibility index (Phi) is 11.1. The average molecular weight is 530 g/mol. The van der Waals surface area contributed by atoms with Gasteiger partial charge >= 0.3 is 0 Å². The molecule has 2 unspecified atom stereocenters. The van der Waals surface area contributed by atoms with Crippen molar-refractivity contribution in [1.29, 1.82) is 0 Å². The van der Waals surface area contributed by atoms with Gasteiger partial charge in [0.1, 0.15) is 0 Å². The van der Waals surface area contributed by atoms with Crippen LogP contribution in [0.1, 0.15) is 30.2 Å². The molecule has 0 aliphatic carbocycles. The first-order valence-corrected chi connectivity index (χ1v) is 11.8. The van der Waals surface area contributed by atoms with Crippen molar-refractivity contribution in [1.82, 2.24) is 20.3 Å². The van der Waals surface area contributed by atoms with E-state index in [-0.39, 0.29) is 24.0 Å². The highest BCUT2D eigenvalue weighted by atomic mass is 127. The molecule has 2 heterocycles. The number of nitrogens with one attached hydrogen (secondary N) is 3. The number of aliphatic imine (C=N–C) groups is 1. The van der Waals surface area contributed by atoms with Crippen molar-refractivity contribution in [2.45, 2.75) is 25.3 Å². The highest BCUT2D eigenvalue weighted by Crippen LogP contribution is 2.36. The molecule has 1 aromatic rings. The van der Waals surface area contributed by atoms with Crippen LogP contribution < -0.4 is 15.4 Å². The normalized spacial score (nSPS) is 21.5. The van der Waals surface area contributed by atoms with Crippen LogP contribution in [0.15, 0.2) is 22.5 Å². The van der Waals surface area contributed by atoms with Crippen LogP contribution in [0.5, 0.6) is 0 Å². The van der Waals surface area contributed by atoms with Gasteiger partial charge in [0.15, 0.2) is 5.96 Å². The lowest BCUT2D eigenvalue weighted by atomic mass is 9.88. The van der Waals surface area contributed by atoms with E-state index in [2.05, 4.69) is 49.8 Å². The standard InChI is InChI=1S/C17H31N5O2S2.HI/c1-18-17(19-9-6-10-21-26(3,23)24)20-13-14-7-4-11-22(2)16(14)15-8-5-12-25-15;/h5,8,12,14,16,21H,4,6-7,9-11,13H2,1-3H3,(H2,18,19,20);1H. The number of thiophene rings is 1. The van der Waals surface area contributed by atoms with Crippen molar-refractivity contribution in [2.24, 2.45) is 10.9 Å². The molecule has 0 aromatic carbocycles. The summed E-state index contributed by atoms with van der Waals surface area (Å²) < 4.78 is 24.6. The van der Waals surface area contributed by atoms with Crippen LogP contribution >= 0.6 is 35.3 Å². The maximum Gasteiger partial charge on any atom is 0.208 e. The van der Waals surface area contributed by atoms with Gasteiger partial charge < -0.3 is 10.6 Å². The monoisotopic (exact) mass is 529 g/mol. The zero-order valence-electron chi connectivity index (χ0n) is 16.3. The molecule has 1 saturated heterocycles. The summed E-state index contributed by atoms with van der Waals surface area (Å²) in [6.07, 6.45) is 4.30. The van der Waals surface area contributed by atoms with Crippen molar-refractivity contribution in [3.05, 3.63) is 22.4 Å². The lowest BCUT2D eigenvalue weighted by Gasteiger charge is -2.39. The predicted octanol–water partition coefficient (Wildman–Crippen LogP) is 1.85. The van der Waals surface area contributed by atoms with Crippen LogP contribution in [-0.4, -0.2) is 65.8 Å². The molecule has 2 atom stereocenters. The Morgan fingerprint density at radius 1 is 1.37 bits per heavy atom. The lowest BCUT2D eigenvalue weighted by molar-refractivity contribution is 0.125. The molecule has 0 bridgehead atoms. The minimum absolute atomic E-state index is 0. The van der Waals surface area contributed by atoms with E-state index in [0.717, 1.165) is 19.0 Å². The topological polar surface area (TPSA) is 85.8 Å². The first-order valence-electron chi connectivity index (χ1n) is 9.03. The fraction of sp³-hybridized carbons (Fsp3) is 0.706. The van der Waals surface area contributed by atoms with Crippen LogP contribution in [-0.2, 0) is 10.0 Å². The molecule has 10 heteroatoms. The molecule has 3 N–H and O–H groups in total. The lowest BCUT2D eigenvalue weighted by Crippen LogP contribution is -2.45. The minimum atomic E-state index is -3.12. The maximum absolute atomic E-state index is 11.0. The van der Waals surface area contributed by atoms with Gasteiger partial charge in [0, 0.05) is 37.6 Å². The summed E-state index contributed by atoms with van der Waals surface area (Å²) in [5.74, 6) is 1.31. The Morgan fingerprint density at radius 2 is 2.15 bits per heavy atom. The second kappa shape index (κ2) is 12.2. The van der Waals surface area contributed by atoms with Crippen LogP contribution in [0.4, 0.5) is 0 Å². The van der Waals surface area contributed by atoms with Crippen molar-refractivity contribution in [2.75, 3.05) is 46.5 Å². The Balaban J connectivity index is 0.00000364. The third-order valence-corrected chi connectivity index (χ3v) is 6.28. The summed E-state index contributed by atoms with van der Waals surface area (Å²) in [5, 5.41) is 8.83. The number of rotatable bonds is 8. The summed E-state index contributed by atoms with van der Waals surface area (Å²) in [6.45, 7) is 3.10. The molecule has 27 heavy (non-hydrogen) atoms. The van der Waals surface area contributed by atoms with Gasteiger partial charge in [-0.1, -0.05) is 6.07 Å². The smallest absolute Gasteiger partial charge is 0.208 e. The Morgan fingerprint density at radius 3 is 2.78 bits per heavy atom. The molecule has 1 aliphatic heterocycles. The second-order valence-electron chi connectivity index (χ2n) is 6.74. The number of sulfonamides is 1. The van der Waals surface area contributed by atoms with Crippen LogP contribution in [0.25, 0.3) is 0 Å². The van der Waals surface area contributed by atoms with Gasteiger partial charge in [0.2, 0.25) is 10.0 Å². The largest absolute Gasteiger partial charge is 0.356 e. The zero-order chi connectivity index (χ0) is 19.0. The van der Waals surface area contributed by atoms with Crippen molar-refractivity contribution in [3.63, 3.8) is 0 Å². The molecule has 156 valence electrons. The van der Waals surface area contributed by atoms with Crippen molar-refractivity contribution < 1.29 is 8.42 Å². The number of piperidine rings is 1. The summed E-state index contributed by atoms with van der Waals surface area (Å²) >= 11 is 1.83. The molecule has 7 nitrogen and oxygen atoms in total. The van der Waals surface area contributed by atoms with Gasteiger partial charge in [-0.25, -0.2) is 13.1 Å². The van der Waals surface area contributed by atoms with Crippen LogP contribution in [0.2, 0.25) is 0 Å². The first-order chi connectivity index (χ1) is 12.4. The number of nitrogens with zero attached hydrogens (tertiary/aromatic N) is 2. The highest BCUT2D eigenvalue weighted by Gasteiger charge is 2.31. The van der Waals surface area contributed by atoms with E-state index in [9.17, 15) is 8.42 Å². The van der Waals surface area contributed by atoms with E-state index < -0.39 is 10.0 Å². The molecule has 0 saturated carbocycles. The number of hydrogen-bond acceptors (Lipinski definition) is 5. The second-order valence-corrected chi connectivity index (χ2v) is 9.56. The van der Waals surface area contributed by atoms with E-state index in [1.807, 2.05) is 11.3 Å². The van der Waals surface area contributed by atoms with Crippen LogP contribution in [0.3, 0.4) is 0 Å². The molecule has 0 spiro atoms. The quantitative estimate of drug-likeness (QED) is 0.207. The van der Waals surface area contributed by atoms with Gasteiger partial charge in [-0.2, -0.15) is 0 Å². The molecule has 1 fully saturated rings. The minimum Gasteiger partial charge on any atom is -0.356 e. The van der Waals surface area contributed by atoms with E-state index >= 15 is 0 Å². The van der Waals surface area contributed by atoms with Gasteiger partial charge in [0.25, 0.3) is 0 Å². The van der Waals surface area contributed by atoms with E-state index in [4.69, 9.17) is 0 Å². The number of halogens is 1. The van der Waals surface area contributed by atoms with Gasteiger partial charge in [-0.15, -0.1) is 35.3 Å². The molecule has 2 rings (SSSR count). The maximum atomic E-state index is 11.0. The Bertz CT molecular complexity index is 667. The molecule has 1 aliphatic rings. The van der Waals surface area contributed by atoms with E-state index in [0.29, 0.717) is 31.5 Å². The SMILES string of the molecule is CN=C(NCCCNS(C)(=O)=O)NCC1CCCN(C)C1c1cccs1.I. The average Bonchev–Trinajstić information content (AvgIpc) is 3.10. The van der Waals surface area contributed by atoms with Crippen molar-refractivity contribution >= 4 is 51.3 Å². The van der Waals surface area contributed by atoms with Crippen molar-refractivity contribution in [3.8, 4) is 0 Å². The van der Waals surface area contributed by atoms with Gasteiger partial charge in [-0.3, -0.25) is 9.89 Å². The summed E-state index contributed by atoms with van der Waals surface area (Å²) in [7, 11) is 0.849. The van der Waals surface area contributed by atoms with Gasteiger partial charge in [-0.05, 0) is 50.2 Å². The zero-order valence-corrected chi connectivity index (χ0v) is 20.2. The predicted molar refractivity (Wildman–Crippen MR) is 125 cm³/mol. The Labute approximate surface area is 184 Å². The van der Waals surface area contributed by atoms with Gasteiger partial charge in [0.05, 0.1) is 6.26 Å². The Hall–Kier alpha value is -0.430. The molecule has 0 radical (unpaired) electrons. The number of guanidine groups is 1. The summed E-state index contributed by atoms with van der Waals surface area (Å²) in [6, 6.07) is 4.80.